The second-order valence-electron chi connectivity index (χ2n) is 5.17. The van der Waals surface area contributed by atoms with Gasteiger partial charge in [-0.3, -0.25) is 0 Å². The van der Waals surface area contributed by atoms with Gasteiger partial charge in [0.1, 0.15) is 6.61 Å². The lowest BCUT2D eigenvalue weighted by Crippen LogP contribution is -2.53. The average molecular weight is 278 g/mol. The van der Waals surface area contributed by atoms with Crippen LogP contribution < -0.4 is 10.6 Å². The zero-order valence-corrected chi connectivity index (χ0v) is 11.7. The summed E-state index contributed by atoms with van der Waals surface area (Å²) >= 11 is 0. The van der Waals surface area contributed by atoms with Gasteiger partial charge in [0.25, 0.3) is 0 Å². The van der Waals surface area contributed by atoms with Gasteiger partial charge in [-0.25, -0.2) is 4.79 Å². The quantitative estimate of drug-likeness (QED) is 0.779. The van der Waals surface area contributed by atoms with Crippen LogP contribution in [-0.4, -0.2) is 36.4 Å². The number of carbonyl (C=O) groups is 1. The number of hydrogen-bond acceptors (Lipinski definition) is 4. The Morgan fingerprint density at radius 1 is 1.30 bits per heavy atom. The van der Waals surface area contributed by atoms with Crippen molar-refractivity contribution in [2.24, 2.45) is 0 Å². The van der Waals surface area contributed by atoms with Crippen LogP contribution in [0.5, 0.6) is 0 Å². The third kappa shape index (κ3) is 4.21. The lowest BCUT2D eigenvalue weighted by atomic mass is 9.88. The number of likely N-dealkylation sites (N-methyl/N-ethyl adjacent to an activating group) is 1. The maximum Gasteiger partial charge on any atom is 0.407 e. The van der Waals surface area contributed by atoms with E-state index in [4.69, 9.17) is 4.74 Å². The van der Waals surface area contributed by atoms with Crippen molar-refractivity contribution >= 4 is 6.09 Å². The molecule has 5 nitrogen and oxygen atoms in total. The molecular formula is C15H22N2O3. The standard InChI is InChI=1S/C15H22N2O3/c1-16-14-9-12(18)7-8-13(14)17-15(19)20-10-11-5-3-2-4-6-11/h2-6,12-14,16,18H,7-10H2,1H3,(H,17,19)/t12?,13-,14+/m0/s1. The maximum absolute atomic E-state index is 11.8. The molecular weight excluding hydrogens is 256 g/mol. The van der Waals surface area contributed by atoms with Crippen molar-refractivity contribution in [1.82, 2.24) is 10.6 Å². The number of benzene rings is 1. The predicted molar refractivity (Wildman–Crippen MR) is 76.3 cm³/mol. The summed E-state index contributed by atoms with van der Waals surface area (Å²) in [7, 11) is 1.84. The third-order valence-corrected chi connectivity index (χ3v) is 3.71. The molecule has 0 aromatic heterocycles. The molecule has 0 saturated heterocycles. The molecule has 3 atom stereocenters. The van der Waals surface area contributed by atoms with E-state index >= 15 is 0 Å². The fourth-order valence-corrected chi connectivity index (χ4v) is 2.56. The van der Waals surface area contributed by atoms with Crippen molar-refractivity contribution in [3.8, 4) is 0 Å². The largest absolute Gasteiger partial charge is 0.445 e. The van der Waals surface area contributed by atoms with Gasteiger partial charge in [0.15, 0.2) is 0 Å². The summed E-state index contributed by atoms with van der Waals surface area (Å²) in [5.41, 5.74) is 0.965. The highest BCUT2D eigenvalue weighted by atomic mass is 16.5. The SMILES string of the molecule is CN[C@@H]1CC(O)CC[C@@H]1NC(=O)OCc1ccccc1. The van der Waals surface area contributed by atoms with E-state index in [-0.39, 0.29) is 24.8 Å². The molecule has 0 aliphatic heterocycles. The van der Waals surface area contributed by atoms with Crippen LogP contribution in [0.3, 0.4) is 0 Å². The Bertz CT molecular complexity index is 424. The summed E-state index contributed by atoms with van der Waals surface area (Å²) in [4.78, 5) is 11.8. The van der Waals surface area contributed by atoms with E-state index in [2.05, 4.69) is 10.6 Å². The molecule has 110 valence electrons. The zero-order chi connectivity index (χ0) is 14.4. The van der Waals surface area contributed by atoms with Crippen LogP contribution in [-0.2, 0) is 11.3 Å². The summed E-state index contributed by atoms with van der Waals surface area (Å²) in [5, 5.41) is 15.6. The molecule has 0 heterocycles. The van der Waals surface area contributed by atoms with Crippen molar-refractivity contribution in [3.05, 3.63) is 35.9 Å². The molecule has 2 rings (SSSR count). The lowest BCUT2D eigenvalue weighted by Gasteiger charge is -2.34. The fourth-order valence-electron chi connectivity index (χ4n) is 2.56. The Morgan fingerprint density at radius 3 is 2.75 bits per heavy atom. The minimum Gasteiger partial charge on any atom is -0.445 e. The Kier molecular flexibility index (Phi) is 5.38. The molecule has 1 aliphatic carbocycles. The summed E-state index contributed by atoms with van der Waals surface area (Å²) in [6.45, 7) is 0.270. The highest BCUT2D eigenvalue weighted by Gasteiger charge is 2.29. The highest BCUT2D eigenvalue weighted by Crippen LogP contribution is 2.19. The molecule has 3 N–H and O–H groups in total. The van der Waals surface area contributed by atoms with Gasteiger partial charge in [0.2, 0.25) is 0 Å². The summed E-state index contributed by atoms with van der Waals surface area (Å²) in [6.07, 6.45) is 1.43. The van der Waals surface area contributed by atoms with Gasteiger partial charge in [-0.2, -0.15) is 0 Å². The van der Waals surface area contributed by atoms with E-state index in [0.717, 1.165) is 12.0 Å². The third-order valence-electron chi connectivity index (χ3n) is 3.71. The number of ether oxygens (including phenoxy) is 1. The number of aliphatic hydroxyl groups excluding tert-OH is 1. The first kappa shape index (κ1) is 14.8. The molecule has 5 heteroatoms. The molecule has 1 fully saturated rings. The van der Waals surface area contributed by atoms with Gasteiger partial charge >= 0.3 is 6.09 Å². The van der Waals surface area contributed by atoms with Gasteiger partial charge in [-0.15, -0.1) is 0 Å². The molecule has 1 aromatic rings. The van der Waals surface area contributed by atoms with Gasteiger partial charge in [0, 0.05) is 12.1 Å². The first-order valence-electron chi connectivity index (χ1n) is 7.01. The van der Waals surface area contributed by atoms with Crippen molar-refractivity contribution in [2.75, 3.05) is 7.05 Å². The summed E-state index contributed by atoms with van der Waals surface area (Å²) in [5.74, 6) is 0. The van der Waals surface area contributed by atoms with Crippen molar-refractivity contribution in [1.29, 1.82) is 0 Å². The second kappa shape index (κ2) is 7.26. The first-order chi connectivity index (χ1) is 9.69. The zero-order valence-electron chi connectivity index (χ0n) is 11.7. The molecule has 20 heavy (non-hydrogen) atoms. The van der Waals surface area contributed by atoms with Crippen LogP contribution in [0.2, 0.25) is 0 Å². The molecule has 1 unspecified atom stereocenters. The Hall–Kier alpha value is -1.59. The topological polar surface area (TPSA) is 70.6 Å². The number of nitrogens with one attached hydrogen (secondary N) is 2. The van der Waals surface area contributed by atoms with Gasteiger partial charge in [0.05, 0.1) is 6.10 Å². The van der Waals surface area contributed by atoms with E-state index in [9.17, 15) is 9.90 Å². The molecule has 1 aliphatic rings. The van der Waals surface area contributed by atoms with Crippen LogP contribution >= 0.6 is 0 Å². The maximum atomic E-state index is 11.8. The monoisotopic (exact) mass is 278 g/mol. The van der Waals surface area contributed by atoms with Crippen LogP contribution in [0, 0.1) is 0 Å². The van der Waals surface area contributed by atoms with E-state index in [0.29, 0.717) is 12.8 Å². The van der Waals surface area contributed by atoms with Gasteiger partial charge in [-0.05, 0) is 31.9 Å². The molecule has 0 spiro atoms. The summed E-state index contributed by atoms with van der Waals surface area (Å²) in [6, 6.07) is 9.68. The van der Waals surface area contributed by atoms with E-state index in [1.807, 2.05) is 37.4 Å². The highest BCUT2D eigenvalue weighted by molar-refractivity contribution is 5.67. The second-order valence-corrected chi connectivity index (χ2v) is 5.17. The summed E-state index contributed by atoms with van der Waals surface area (Å²) < 4.78 is 5.21. The minimum absolute atomic E-state index is 0.00618. The van der Waals surface area contributed by atoms with Gasteiger partial charge < -0.3 is 20.5 Å². The Balaban J connectivity index is 1.79. The number of rotatable bonds is 4. The predicted octanol–water partition coefficient (Wildman–Crippen LogP) is 1.41. The number of carbonyl (C=O) groups excluding carboxylic acids is 1. The van der Waals surface area contributed by atoms with Crippen LogP contribution in [0.25, 0.3) is 0 Å². The Morgan fingerprint density at radius 2 is 2.05 bits per heavy atom. The normalized spacial score (nSPS) is 26.0. The Labute approximate surface area is 119 Å². The van der Waals surface area contributed by atoms with Crippen molar-refractivity contribution in [3.63, 3.8) is 0 Å². The van der Waals surface area contributed by atoms with Crippen LogP contribution in [0.1, 0.15) is 24.8 Å². The molecule has 1 saturated carbocycles. The smallest absolute Gasteiger partial charge is 0.407 e. The fraction of sp³-hybridized carbons (Fsp3) is 0.533. The molecule has 0 bridgehead atoms. The minimum atomic E-state index is -0.407. The number of alkyl carbamates (subject to hydrolysis) is 1. The van der Waals surface area contributed by atoms with E-state index < -0.39 is 6.09 Å². The number of aliphatic hydroxyl groups is 1. The number of amides is 1. The first-order valence-corrected chi connectivity index (χ1v) is 7.01. The average Bonchev–Trinajstić information content (AvgIpc) is 2.48. The van der Waals surface area contributed by atoms with Crippen molar-refractivity contribution in [2.45, 2.75) is 44.1 Å². The number of hydrogen-bond donors (Lipinski definition) is 3. The van der Waals surface area contributed by atoms with Crippen LogP contribution in [0.15, 0.2) is 30.3 Å². The molecule has 1 aromatic carbocycles. The molecule has 0 radical (unpaired) electrons. The van der Waals surface area contributed by atoms with Crippen LogP contribution in [0.4, 0.5) is 4.79 Å². The van der Waals surface area contributed by atoms with Gasteiger partial charge in [-0.1, -0.05) is 30.3 Å². The lowest BCUT2D eigenvalue weighted by molar-refractivity contribution is 0.0879. The van der Waals surface area contributed by atoms with Crippen molar-refractivity contribution < 1.29 is 14.6 Å². The van der Waals surface area contributed by atoms with E-state index in [1.165, 1.54) is 0 Å². The van der Waals surface area contributed by atoms with E-state index in [1.54, 1.807) is 0 Å². The molecule has 1 amide bonds.